The highest BCUT2D eigenvalue weighted by Crippen LogP contribution is 2.46. The molecule has 0 saturated heterocycles. The van der Waals surface area contributed by atoms with Gasteiger partial charge in [0.05, 0.1) is 68.3 Å². The van der Waals surface area contributed by atoms with Gasteiger partial charge in [-0.15, -0.1) is 12.4 Å². The van der Waals surface area contributed by atoms with E-state index in [0.29, 0.717) is 56.7 Å². The van der Waals surface area contributed by atoms with Gasteiger partial charge in [0.15, 0.2) is 29.5 Å². The molecule has 0 radical (unpaired) electrons. The molecule has 3 saturated carbocycles. The Kier molecular flexibility index (Phi) is 20.3. The molecule has 0 bridgehead atoms. The summed E-state index contributed by atoms with van der Waals surface area (Å²) in [6, 6.07) is 16.2. The van der Waals surface area contributed by atoms with Crippen LogP contribution in [0.1, 0.15) is 107 Å². The van der Waals surface area contributed by atoms with Gasteiger partial charge in [-0.05, 0) is 165 Å². The fraction of sp³-hybridized carbons (Fsp3) is 0.490. The number of benzene rings is 4. The van der Waals surface area contributed by atoms with Gasteiger partial charge in [0.25, 0.3) is 5.69 Å². The zero-order valence-electron chi connectivity index (χ0n) is 41.5. The minimum Gasteiger partial charge on any atom is -0.478 e. The third-order valence-corrected chi connectivity index (χ3v) is 21.9. The quantitative estimate of drug-likeness (QED) is 0.0620. The largest absolute Gasteiger partial charge is 0.478 e. The summed E-state index contributed by atoms with van der Waals surface area (Å²) in [6.07, 6.45) is -12.2. The van der Waals surface area contributed by atoms with E-state index < -0.39 is 102 Å². The maximum atomic E-state index is 12.7. The lowest BCUT2D eigenvalue weighted by atomic mass is 9.73. The number of nitrogens with two attached hydrogens (primary N) is 1. The van der Waals surface area contributed by atoms with Crippen LogP contribution in [0.15, 0.2) is 112 Å². The summed E-state index contributed by atoms with van der Waals surface area (Å²) >= 11 is 0. The Bertz CT molecular complexity index is 2720. The van der Waals surface area contributed by atoms with Crippen molar-refractivity contribution in [2.75, 3.05) is 0 Å². The molecule has 27 heteroatoms. The summed E-state index contributed by atoms with van der Waals surface area (Å²) in [5, 5.41) is 37.2. The highest BCUT2D eigenvalue weighted by molar-refractivity contribution is 7.93. The summed E-state index contributed by atoms with van der Waals surface area (Å²) < 4.78 is 187. The molecule has 4 aromatic rings. The van der Waals surface area contributed by atoms with Crippen LogP contribution in [0, 0.1) is 27.9 Å². The van der Waals surface area contributed by atoms with Crippen LogP contribution >= 0.6 is 12.4 Å². The number of halogens is 10. The Morgan fingerprint density at radius 2 is 0.789 bits per heavy atom. The number of nitro benzene ring substituents is 1. The maximum absolute atomic E-state index is 12.7. The first-order valence-corrected chi connectivity index (χ1v) is 27.3. The van der Waals surface area contributed by atoms with Crippen molar-refractivity contribution in [1.29, 1.82) is 0 Å². The molecule has 0 aliphatic heterocycles. The van der Waals surface area contributed by atoms with Crippen molar-refractivity contribution in [3.05, 3.63) is 129 Å². The summed E-state index contributed by atoms with van der Waals surface area (Å²) in [5.74, 6) is -1.74. The lowest BCUT2D eigenvalue weighted by Gasteiger charge is -2.43. The fourth-order valence-corrected chi connectivity index (χ4v) is 13.7. The number of aliphatic hydroxyl groups is 2. The van der Waals surface area contributed by atoms with Gasteiger partial charge in [-0.25, -0.2) is 30.0 Å². The van der Waals surface area contributed by atoms with Crippen LogP contribution in [0.25, 0.3) is 0 Å². The first-order chi connectivity index (χ1) is 34.0. The van der Waals surface area contributed by atoms with Crippen molar-refractivity contribution < 1.29 is 89.8 Å². The van der Waals surface area contributed by atoms with Crippen molar-refractivity contribution >= 4 is 53.6 Å². The molecule has 14 nitrogen and oxygen atoms in total. The maximum Gasteiger partial charge on any atom is 0.416 e. The number of non-ortho nitro benzene ring substituents is 1. The average Bonchev–Trinajstić information content (AvgIpc) is 3.28. The number of carbonyl (C=O) groups is 1. The van der Waals surface area contributed by atoms with E-state index in [1.165, 1.54) is 58.0 Å². The topological polar surface area (TPSA) is 249 Å². The van der Waals surface area contributed by atoms with Gasteiger partial charge in [-0.3, -0.25) is 10.1 Å². The van der Waals surface area contributed by atoms with Gasteiger partial charge in [0.2, 0.25) is 0 Å². The van der Waals surface area contributed by atoms with E-state index in [9.17, 15) is 89.9 Å². The molecule has 0 amide bonds. The van der Waals surface area contributed by atoms with Crippen molar-refractivity contribution in [3.63, 3.8) is 0 Å². The second-order valence-corrected chi connectivity index (χ2v) is 27.7. The summed E-state index contributed by atoms with van der Waals surface area (Å²) in [5.41, 5.74) is 2.70. The number of nitro groups is 1. The van der Waals surface area contributed by atoms with Crippen molar-refractivity contribution in [1.82, 2.24) is 0 Å². The molecule has 0 atom stereocenters. The third-order valence-electron chi connectivity index (χ3n) is 14.2. The fourth-order valence-electron chi connectivity index (χ4n) is 8.35. The van der Waals surface area contributed by atoms with E-state index in [2.05, 4.69) is 0 Å². The molecular formula is C49H58ClF9N2O12S3. The molecule has 0 heterocycles. The zero-order valence-corrected chi connectivity index (χ0v) is 44.8. The van der Waals surface area contributed by atoms with Gasteiger partial charge in [0.1, 0.15) is 0 Å². The van der Waals surface area contributed by atoms with Gasteiger partial charge < -0.3 is 21.1 Å². The molecule has 424 valence electrons. The predicted octanol–water partition coefficient (Wildman–Crippen LogP) is 10.8. The molecule has 3 fully saturated rings. The summed E-state index contributed by atoms with van der Waals surface area (Å²) in [7, 11) is -11.7. The number of nitrogens with zero attached hydrogens (tertiary/aromatic N) is 1. The van der Waals surface area contributed by atoms with Crippen molar-refractivity contribution in [3.8, 4) is 0 Å². The van der Waals surface area contributed by atoms with E-state index >= 15 is 0 Å². The van der Waals surface area contributed by atoms with Crippen LogP contribution < -0.4 is 5.73 Å². The Morgan fingerprint density at radius 3 is 1.00 bits per heavy atom. The molecule has 0 spiro atoms. The standard InChI is InChI=1S/C14H18F3NO2S.2C14H17F3O3S.C7H5NO4.ClH/c3*1-13(2,10-6-11(18)7-10)21(19,20)12-5-3-4-9(8-12)14(15,16)17;9-7(10)5-1-3-6(4-2-5)8(11)12;/h3-5,8,10-11H,6-7,18H2,1-2H3;2*3-5,8,10-11,18H,6-7H2,1-2H3;1-4H,(H,9,10);1H. The highest BCUT2D eigenvalue weighted by atomic mass is 35.5. The molecule has 4 aromatic carbocycles. The van der Waals surface area contributed by atoms with E-state index in [1.54, 1.807) is 13.8 Å². The third kappa shape index (κ3) is 14.6. The first-order valence-electron chi connectivity index (χ1n) is 22.8. The van der Waals surface area contributed by atoms with Gasteiger partial charge >= 0.3 is 24.5 Å². The van der Waals surface area contributed by atoms with Crippen molar-refractivity contribution in [2.24, 2.45) is 23.5 Å². The molecule has 7 rings (SSSR count). The van der Waals surface area contributed by atoms with E-state index in [-0.39, 0.29) is 62.1 Å². The van der Waals surface area contributed by atoms with Crippen LogP contribution in [0.4, 0.5) is 45.2 Å². The predicted molar refractivity (Wildman–Crippen MR) is 264 cm³/mol. The van der Waals surface area contributed by atoms with E-state index in [0.717, 1.165) is 48.5 Å². The number of aliphatic hydroxyl groups excluding tert-OH is 2. The summed E-state index contributed by atoms with van der Waals surface area (Å²) in [4.78, 5) is 18.9. The molecule has 76 heavy (non-hydrogen) atoms. The van der Waals surface area contributed by atoms with Crippen LogP contribution in [-0.2, 0) is 48.0 Å². The van der Waals surface area contributed by atoms with E-state index in [1.807, 2.05) is 0 Å². The molecule has 5 N–H and O–H groups in total. The van der Waals surface area contributed by atoms with Crippen LogP contribution in [0.5, 0.6) is 0 Å². The lowest BCUT2D eigenvalue weighted by molar-refractivity contribution is -0.384. The number of alkyl halides is 9. The normalized spacial score (nSPS) is 21.1. The average molecular weight is 1170 g/mol. The smallest absolute Gasteiger partial charge is 0.416 e. The lowest BCUT2D eigenvalue weighted by Crippen LogP contribution is -2.50. The molecule has 0 unspecified atom stereocenters. The number of rotatable bonds is 11. The van der Waals surface area contributed by atoms with E-state index in [4.69, 9.17) is 10.8 Å². The van der Waals surface area contributed by atoms with Gasteiger partial charge in [-0.1, -0.05) is 18.2 Å². The number of carboxylic acid groups (broad SMARTS) is 1. The monoisotopic (exact) mass is 1170 g/mol. The zero-order chi connectivity index (χ0) is 57.3. The molecular weight excluding hydrogens is 1110 g/mol. The number of sulfone groups is 3. The van der Waals surface area contributed by atoms with Crippen LogP contribution in [0.2, 0.25) is 0 Å². The Morgan fingerprint density at radius 1 is 0.526 bits per heavy atom. The Balaban J connectivity index is 0.000000271. The Labute approximate surface area is 440 Å². The second kappa shape index (κ2) is 23.6. The SMILES string of the molecule is CC(C)(C1CC(N)C1)S(=O)(=O)c1cccc(C(F)(F)F)c1.CC(C)(C1CC(O)C1)S(=O)(=O)c1cccc(C(F)(F)F)c1.CC(C)(C1CC(O)C1)S(=O)(=O)c1cccc(C(F)(F)F)c1.Cl.O=C(O)c1ccc([N+](=O)[O-])cc1. The second-order valence-electron chi connectivity index (χ2n) is 20.1. The Hall–Kier alpha value is -4.86. The molecule has 3 aliphatic carbocycles. The first kappa shape index (κ1) is 65.4. The number of hydrogen-bond donors (Lipinski definition) is 4. The van der Waals surface area contributed by atoms with Crippen LogP contribution in [0.3, 0.4) is 0 Å². The van der Waals surface area contributed by atoms with Gasteiger partial charge in [0, 0.05) is 18.2 Å². The molecule has 3 aliphatic rings. The van der Waals surface area contributed by atoms with Crippen molar-refractivity contribution in [2.45, 2.75) is 146 Å². The van der Waals surface area contributed by atoms with Gasteiger partial charge in [-0.2, -0.15) is 39.5 Å². The number of hydrogen-bond acceptors (Lipinski definition) is 12. The molecule has 0 aromatic heterocycles. The number of carboxylic acids is 1. The minimum atomic E-state index is -4.58. The number of aromatic carboxylic acids is 1. The summed E-state index contributed by atoms with van der Waals surface area (Å²) in [6.45, 7) is 9.11. The highest BCUT2D eigenvalue weighted by Gasteiger charge is 2.51. The minimum absolute atomic E-state index is 0. The van der Waals surface area contributed by atoms with Crippen LogP contribution in [-0.4, -0.2) is 84.0 Å².